The predicted molar refractivity (Wildman–Crippen MR) is 58.4 cm³/mol. The normalized spacial score (nSPS) is 20.3. The van der Waals surface area contributed by atoms with Gasteiger partial charge in [0, 0.05) is 0 Å². The van der Waals surface area contributed by atoms with E-state index >= 15 is 0 Å². The van der Waals surface area contributed by atoms with E-state index < -0.39 is 18.6 Å². The number of carbonyl (C=O) groups is 1. The number of hydrogen-bond acceptors (Lipinski definition) is 2. The molecule has 1 aliphatic rings. The van der Waals surface area contributed by atoms with Gasteiger partial charge in [0.1, 0.15) is 6.54 Å². The van der Waals surface area contributed by atoms with Gasteiger partial charge >= 0.3 is 6.18 Å². The quantitative estimate of drug-likeness (QED) is 0.728. The van der Waals surface area contributed by atoms with Crippen molar-refractivity contribution in [3.05, 3.63) is 12.2 Å². The summed E-state index contributed by atoms with van der Waals surface area (Å²) >= 11 is 0. The first-order valence-corrected chi connectivity index (χ1v) is 5.66. The minimum absolute atomic E-state index is 0.0592. The van der Waals surface area contributed by atoms with Crippen LogP contribution in [0, 0.1) is 5.92 Å². The molecule has 0 heterocycles. The summed E-state index contributed by atoms with van der Waals surface area (Å²) in [6.07, 6.45) is 2.94. The molecule has 0 radical (unpaired) electrons. The second-order valence-corrected chi connectivity index (χ2v) is 4.17. The standard InChI is InChI=1S/C11H17F3N2O/c12-11(13,14)8-16-10(17)7-15-6-9-4-2-1-3-5-9/h1-2,9,15H,3-8H2,(H,16,17). The molecule has 0 aromatic rings. The highest BCUT2D eigenvalue weighted by Gasteiger charge is 2.27. The van der Waals surface area contributed by atoms with Crippen LogP contribution in [0.3, 0.4) is 0 Å². The molecule has 3 nitrogen and oxygen atoms in total. The molecule has 2 N–H and O–H groups in total. The number of alkyl halides is 3. The second kappa shape index (κ2) is 6.64. The zero-order valence-electron chi connectivity index (χ0n) is 9.52. The average Bonchev–Trinajstić information content (AvgIpc) is 2.27. The SMILES string of the molecule is O=C(CNCC1CC=CCC1)NCC(F)(F)F. The van der Waals surface area contributed by atoms with Crippen LogP contribution in [0.15, 0.2) is 12.2 Å². The molecule has 1 rings (SSSR count). The van der Waals surface area contributed by atoms with Crippen molar-refractivity contribution in [3.8, 4) is 0 Å². The number of halogens is 3. The Morgan fingerprint density at radius 2 is 2.12 bits per heavy atom. The van der Waals surface area contributed by atoms with E-state index in [4.69, 9.17) is 0 Å². The lowest BCUT2D eigenvalue weighted by atomic mass is 9.94. The van der Waals surface area contributed by atoms with Crippen molar-refractivity contribution < 1.29 is 18.0 Å². The maximum absolute atomic E-state index is 11.8. The average molecular weight is 250 g/mol. The van der Waals surface area contributed by atoms with Crippen molar-refractivity contribution in [1.29, 1.82) is 0 Å². The molecule has 6 heteroatoms. The Labute approximate surface area is 98.5 Å². The van der Waals surface area contributed by atoms with E-state index in [1.54, 1.807) is 0 Å². The van der Waals surface area contributed by atoms with Gasteiger partial charge < -0.3 is 10.6 Å². The van der Waals surface area contributed by atoms with Crippen LogP contribution in [-0.2, 0) is 4.79 Å². The predicted octanol–water partition coefficient (Wildman–Crippen LogP) is 1.61. The van der Waals surface area contributed by atoms with E-state index in [1.165, 1.54) is 0 Å². The first-order chi connectivity index (χ1) is 7.97. The van der Waals surface area contributed by atoms with Gasteiger partial charge in [-0.2, -0.15) is 13.2 Å². The Morgan fingerprint density at radius 3 is 2.71 bits per heavy atom. The summed E-state index contributed by atoms with van der Waals surface area (Å²) in [7, 11) is 0. The van der Waals surface area contributed by atoms with Gasteiger partial charge in [0.05, 0.1) is 6.54 Å². The van der Waals surface area contributed by atoms with Gasteiger partial charge in [-0.25, -0.2) is 0 Å². The van der Waals surface area contributed by atoms with Crippen LogP contribution >= 0.6 is 0 Å². The third-order valence-electron chi connectivity index (χ3n) is 2.58. The van der Waals surface area contributed by atoms with Crippen molar-refractivity contribution in [2.24, 2.45) is 5.92 Å². The van der Waals surface area contributed by atoms with Gasteiger partial charge in [0.15, 0.2) is 0 Å². The van der Waals surface area contributed by atoms with Crippen molar-refractivity contribution in [3.63, 3.8) is 0 Å². The minimum Gasteiger partial charge on any atom is -0.346 e. The lowest BCUT2D eigenvalue weighted by Gasteiger charge is -2.18. The van der Waals surface area contributed by atoms with E-state index in [-0.39, 0.29) is 6.54 Å². The Balaban J connectivity index is 2.05. The third kappa shape index (κ3) is 6.99. The van der Waals surface area contributed by atoms with Crippen LogP contribution in [0.4, 0.5) is 13.2 Å². The van der Waals surface area contributed by atoms with Crippen LogP contribution < -0.4 is 10.6 Å². The number of amides is 1. The van der Waals surface area contributed by atoms with Gasteiger partial charge in [0.25, 0.3) is 0 Å². The van der Waals surface area contributed by atoms with Gasteiger partial charge in [-0.05, 0) is 31.7 Å². The second-order valence-electron chi connectivity index (χ2n) is 4.17. The highest BCUT2D eigenvalue weighted by atomic mass is 19.4. The van der Waals surface area contributed by atoms with Gasteiger partial charge in [-0.15, -0.1) is 0 Å². The number of carbonyl (C=O) groups excluding carboxylic acids is 1. The molecule has 1 unspecified atom stereocenters. The van der Waals surface area contributed by atoms with Crippen LogP contribution in [0.1, 0.15) is 19.3 Å². The summed E-state index contributed by atoms with van der Waals surface area (Å²) in [5.41, 5.74) is 0. The van der Waals surface area contributed by atoms with Gasteiger partial charge in [0.2, 0.25) is 5.91 Å². The van der Waals surface area contributed by atoms with Crippen molar-refractivity contribution >= 4 is 5.91 Å². The molecule has 1 amide bonds. The van der Waals surface area contributed by atoms with Crippen LogP contribution in [0.5, 0.6) is 0 Å². The number of hydrogen-bond donors (Lipinski definition) is 2. The summed E-state index contributed by atoms with van der Waals surface area (Å²) in [5, 5.41) is 4.70. The smallest absolute Gasteiger partial charge is 0.346 e. The zero-order valence-corrected chi connectivity index (χ0v) is 9.52. The van der Waals surface area contributed by atoms with Crippen LogP contribution in [-0.4, -0.2) is 31.7 Å². The van der Waals surface area contributed by atoms with E-state index in [2.05, 4.69) is 17.5 Å². The summed E-state index contributed by atoms with van der Waals surface area (Å²) < 4.78 is 35.4. The first kappa shape index (κ1) is 14.0. The number of nitrogens with one attached hydrogen (secondary N) is 2. The fourth-order valence-electron chi connectivity index (χ4n) is 1.69. The zero-order chi connectivity index (χ0) is 12.7. The lowest BCUT2D eigenvalue weighted by Crippen LogP contribution is -2.40. The Bertz CT molecular complexity index is 276. The molecule has 1 aliphatic carbocycles. The van der Waals surface area contributed by atoms with Crippen molar-refractivity contribution in [2.75, 3.05) is 19.6 Å². The Kier molecular flexibility index (Phi) is 5.47. The molecule has 0 saturated heterocycles. The van der Waals surface area contributed by atoms with Crippen LogP contribution in [0.25, 0.3) is 0 Å². The highest BCUT2D eigenvalue weighted by Crippen LogP contribution is 2.16. The Morgan fingerprint density at radius 1 is 1.35 bits per heavy atom. The monoisotopic (exact) mass is 250 g/mol. The summed E-state index contributed by atoms with van der Waals surface area (Å²) in [5.74, 6) is -0.135. The molecule has 0 aromatic carbocycles. The van der Waals surface area contributed by atoms with Gasteiger partial charge in [-0.3, -0.25) is 4.79 Å². The third-order valence-corrected chi connectivity index (χ3v) is 2.58. The molecule has 0 spiro atoms. The molecule has 0 fully saturated rings. The van der Waals surface area contributed by atoms with Gasteiger partial charge in [-0.1, -0.05) is 12.2 Å². The first-order valence-electron chi connectivity index (χ1n) is 5.66. The molecule has 0 aromatic heterocycles. The van der Waals surface area contributed by atoms with Crippen molar-refractivity contribution in [2.45, 2.75) is 25.4 Å². The summed E-state index contributed by atoms with van der Waals surface area (Å²) in [6, 6.07) is 0. The van der Waals surface area contributed by atoms with Crippen LogP contribution in [0.2, 0.25) is 0 Å². The van der Waals surface area contributed by atoms with E-state index in [9.17, 15) is 18.0 Å². The van der Waals surface area contributed by atoms with E-state index in [1.807, 2.05) is 5.32 Å². The molecule has 0 bridgehead atoms. The fourth-order valence-corrected chi connectivity index (χ4v) is 1.69. The fraction of sp³-hybridized carbons (Fsp3) is 0.727. The number of rotatable bonds is 5. The largest absolute Gasteiger partial charge is 0.405 e. The van der Waals surface area contributed by atoms with Crippen molar-refractivity contribution in [1.82, 2.24) is 10.6 Å². The Hall–Kier alpha value is -1.04. The molecular weight excluding hydrogens is 233 g/mol. The maximum atomic E-state index is 11.8. The highest BCUT2D eigenvalue weighted by molar-refractivity contribution is 5.77. The minimum atomic E-state index is -4.34. The van der Waals surface area contributed by atoms with E-state index in [0.717, 1.165) is 19.3 Å². The molecular formula is C11H17F3N2O. The maximum Gasteiger partial charge on any atom is 0.405 e. The number of allylic oxidation sites excluding steroid dienone is 2. The summed E-state index contributed by atoms with van der Waals surface area (Å²) in [6.45, 7) is -0.653. The lowest BCUT2D eigenvalue weighted by molar-refractivity contribution is -0.137. The molecule has 0 saturated carbocycles. The molecule has 1 atom stereocenters. The van der Waals surface area contributed by atoms with E-state index in [0.29, 0.717) is 12.5 Å². The molecule has 0 aliphatic heterocycles. The molecule has 98 valence electrons. The summed E-state index contributed by atoms with van der Waals surface area (Å²) in [4.78, 5) is 11.0. The topological polar surface area (TPSA) is 41.1 Å². The molecule has 17 heavy (non-hydrogen) atoms.